The fraction of sp³-hybridized carbons (Fsp3) is 0.846. The van der Waals surface area contributed by atoms with Crippen molar-refractivity contribution in [2.45, 2.75) is 44.2 Å². The maximum atomic E-state index is 5.59. The van der Waals surface area contributed by atoms with Crippen LogP contribution in [-0.2, 0) is 11.3 Å². The number of ether oxygens (including phenoxy) is 1. The summed E-state index contributed by atoms with van der Waals surface area (Å²) in [7, 11) is 0. The van der Waals surface area contributed by atoms with Gasteiger partial charge in [0.25, 0.3) is 0 Å². The molecule has 0 radical (unpaired) electrons. The Morgan fingerprint density at radius 1 is 1.17 bits per heavy atom. The summed E-state index contributed by atoms with van der Waals surface area (Å²) >= 11 is 0. The third-order valence-corrected chi connectivity index (χ3v) is 4.40. The van der Waals surface area contributed by atoms with E-state index in [-0.39, 0.29) is 0 Å². The molecule has 2 atom stereocenters. The first-order valence-electron chi connectivity index (χ1n) is 7.17. The molecule has 2 aliphatic heterocycles. The van der Waals surface area contributed by atoms with Gasteiger partial charge in [0.05, 0.1) is 12.6 Å². The first kappa shape index (κ1) is 10.9. The SMILES string of the molecule is C1COCC(c2nnc3n2CCNC3C2CC2)C1. The zero-order chi connectivity index (χ0) is 11.9. The topological polar surface area (TPSA) is 52.0 Å². The lowest BCUT2D eigenvalue weighted by molar-refractivity contribution is 0.0766. The Balaban J connectivity index is 1.64. The first-order chi connectivity index (χ1) is 8.93. The third-order valence-electron chi connectivity index (χ3n) is 4.40. The van der Waals surface area contributed by atoms with Gasteiger partial charge in [-0.15, -0.1) is 10.2 Å². The van der Waals surface area contributed by atoms with E-state index in [2.05, 4.69) is 20.1 Å². The number of hydrogen-bond donors (Lipinski definition) is 1. The lowest BCUT2D eigenvalue weighted by Crippen LogP contribution is -2.36. The summed E-state index contributed by atoms with van der Waals surface area (Å²) in [5.74, 6) is 3.59. The van der Waals surface area contributed by atoms with Gasteiger partial charge in [0.1, 0.15) is 5.82 Å². The summed E-state index contributed by atoms with van der Waals surface area (Å²) in [6.07, 6.45) is 5.02. The third kappa shape index (κ3) is 1.77. The quantitative estimate of drug-likeness (QED) is 0.855. The van der Waals surface area contributed by atoms with E-state index < -0.39 is 0 Å². The summed E-state index contributed by atoms with van der Waals surface area (Å²) in [4.78, 5) is 0. The zero-order valence-electron chi connectivity index (χ0n) is 10.6. The molecule has 1 aromatic rings. The fourth-order valence-electron chi connectivity index (χ4n) is 3.26. The highest BCUT2D eigenvalue weighted by molar-refractivity contribution is 5.11. The van der Waals surface area contributed by atoms with Crippen molar-refractivity contribution in [1.29, 1.82) is 0 Å². The Morgan fingerprint density at radius 3 is 2.83 bits per heavy atom. The van der Waals surface area contributed by atoms with E-state index in [1.165, 1.54) is 25.1 Å². The maximum Gasteiger partial charge on any atom is 0.150 e. The van der Waals surface area contributed by atoms with Gasteiger partial charge in [-0.2, -0.15) is 0 Å². The van der Waals surface area contributed by atoms with Crippen LogP contribution in [-0.4, -0.2) is 34.5 Å². The molecule has 0 bridgehead atoms. The van der Waals surface area contributed by atoms with E-state index in [9.17, 15) is 0 Å². The van der Waals surface area contributed by atoms with Crippen LogP contribution in [0.5, 0.6) is 0 Å². The number of aromatic nitrogens is 3. The molecular formula is C13H20N4O. The summed E-state index contributed by atoms with van der Waals surface area (Å²) in [5, 5.41) is 12.5. The van der Waals surface area contributed by atoms with Crippen LogP contribution in [0.2, 0.25) is 0 Å². The van der Waals surface area contributed by atoms with Crippen LogP contribution in [0.3, 0.4) is 0 Å². The highest BCUT2D eigenvalue weighted by atomic mass is 16.5. The number of nitrogens with zero attached hydrogens (tertiary/aromatic N) is 3. The maximum absolute atomic E-state index is 5.59. The summed E-state index contributed by atoms with van der Waals surface area (Å²) in [6, 6.07) is 0.449. The van der Waals surface area contributed by atoms with E-state index in [4.69, 9.17) is 4.74 Å². The van der Waals surface area contributed by atoms with Gasteiger partial charge in [-0.1, -0.05) is 0 Å². The molecule has 2 fully saturated rings. The second-order valence-corrected chi connectivity index (χ2v) is 5.75. The van der Waals surface area contributed by atoms with Crippen molar-refractivity contribution in [2.75, 3.05) is 19.8 Å². The minimum Gasteiger partial charge on any atom is -0.381 e. The number of nitrogens with one attached hydrogen (secondary N) is 1. The largest absolute Gasteiger partial charge is 0.381 e. The van der Waals surface area contributed by atoms with Crippen molar-refractivity contribution in [3.63, 3.8) is 0 Å². The summed E-state index contributed by atoms with van der Waals surface area (Å²) in [6.45, 7) is 3.79. The molecule has 1 saturated carbocycles. The van der Waals surface area contributed by atoms with Crippen molar-refractivity contribution in [3.05, 3.63) is 11.6 Å². The lowest BCUT2D eigenvalue weighted by atomic mass is 10.0. The Labute approximate surface area is 107 Å². The minimum atomic E-state index is 0.449. The summed E-state index contributed by atoms with van der Waals surface area (Å²) < 4.78 is 7.95. The van der Waals surface area contributed by atoms with E-state index >= 15 is 0 Å². The predicted molar refractivity (Wildman–Crippen MR) is 66.3 cm³/mol. The molecule has 1 N–H and O–H groups in total. The van der Waals surface area contributed by atoms with Crippen molar-refractivity contribution < 1.29 is 4.74 Å². The molecule has 0 aromatic carbocycles. The highest BCUT2D eigenvalue weighted by Gasteiger charge is 2.38. The van der Waals surface area contributed by atoms with Gasteiger partial charge >= 0.3 is 0 Å². The van der Waals surface area contributed by atoms with Crippen molar-refractivity contribution >= 4 is 0 Å². The average molecular weight is 248 g/mol. The second kappa shape index (κ2) is 4.31. The molecule has 0 amide bonds. The van der Waals surface area contributed by atoms with Crippen molar-refractivity contribution in [3.8, 4) is 0 Å². The Hall–Kier alpha value is -0.940. The van der Waals surface area contributed by atoms with Gasteiger partial charge in [0, 0.05) is 25.6 Å². The number of rotatable bonds is 2. The van der Waals surface area contributed by atoms with E-state index in [1.807, 2.05) is 0 Å². The smallest absolute Gasteiger partial charge is 0.150 e. The molecule has 4 rings (SSSR count). The number of fused-ring (bicyclic) bond motifs is 1. The average Bonchev–Trinajstić information content (AvgIpc) is 3.18. The molecule has 2 unspecified atom stereocenters. The normalized spacial score (nSPS) is 32.2. The van der Waals surface area contributed by atoms with Crippen molar-refractivity contribution in [2.24, 2.45) is 5.92 Å². The Bertz CT molecular complexity index is 434. The molecule has 1 aromatic heterocycles. The standard InChI is InChI=1S/C13H20N4O/c1-2-10(8-18-7-1)12-15-16-13-11(9-3-4-9)14-5-6-17(12)13/h9-11,14H,1-8H2. The van der Waals surface area contributed by atoms with E-state index in [1.54, 1.807) is 0 Å². The predicted octanol–water partition coefficient (Wildman–Crippen LogP) is 1.23. The molecule has 5 heteroatoms. The molecule has 3 heterocycles. The molecule has 1 saturated heterocycles. The van der Waals surface area contributed by atoms with Crippen LogP contribution in [0.1, 0.15) is 49.3 Å². The molecule has 5 nitrogen and oxygen atoms in total. The number of hydrogen-bond acceptors (Lipinski definition) is 4. The molecule has 0 spiro atoms. The molecule has 98 valence electrons. The first-order valence-corrected chi connectivity index (χ1v) is 7.17. The van der Waals surface area contributed by atoms with Crippen molar-refractivity contribution in [1.82, 2.24) is 20.1 Å². The fourth-order valence-corrected chi connectivity index (χ4v) is 3.26. The van der Waals surface area contributed by atoms with Crippen LogP contribution in [0.25, 0.3) is 0 Å². The van der Waals surface area contributed by atoms with E-state index in [0.717, 1.165) is 44.5 Å². The van der Waals surface area contributed by atoms with Crippen LogP contribution >= 0.6 is 0 Å². The lowest BCUT2D eigenvalue weighted by Gasteiger charge is -2.27. The van der Waals surface area contributed by atoms with Gasteiger partial charge in [0.15, 0.2) is 5.82 Å². The van der Waals surface area contributed by atoms with Crippen LogP contribution in [0, 0.1) is 5.92 Å². The van der Waals surface area contributed by atoms with E-state index in [0.29, 0.717) is 12.0 Å². The Morgan fingerprint density at radius 2 is 2.06 bits per heavy atom. The molecule has 18 heavy (non-hydrogen) atoms. The van der Waals surface area contributed by atoms with Crippen LogP contribution in [0.15, 0.2) is 0 Å². The van der Waals surface area contributed by atoms with Gasteiger partial charge in [-0.3, -0.25) is 0 Å². The van der Waals surface area contributed by atoms with Gasteiger partial charge in [-0.05, 0) is 31.6 Å². The summed E-state index contributed by atoms with van der Waals surface area (Å²) in [5.41, 5.74) is 0. The minimum absolute atomic E-state index is 0.449. The molecule has 3 aliphatic rings. The Kier molecular flexibility index (Phi) is 2.62. The zero-order valence-corrected chi connectivity index (χ0v) is 10.6. The van der Waals surface area contributed by atoms with Gasteiger partial charge in [-0.25, -0.2) is 0 Å². The van der Waals surface area contributed by atoms with Gasteiger partial charge in [0.2, 0.25) is 0 Å². The van der Waals surface area contributed by atoms with Gasteiger partial charge < -0.3 is 14.6 Å². The molecule has 1 aliphatic carbocycles. The highest BCUT2D eigenvalue weighted by Crippen LogP contribution is 2.42. The van der Waals surface area contributed by atoms with Crippen LogP contribution in [0.4, 0.5) is 0 Å². The van der Waals surface area contributed by atoms with Crippen LogP contribution < -0.4 is 5.32 Å². The molecular weight excluding hydrogens is 228 g/mol. The second-order valence-electron chi connectivity index (χ2n) is 5.75. The monoisotopic (exact) mass is 248 g/mol.